The third kappa shape index (κ3) is 2.52. The highest BCUT2D eigenvalue weighted by Gasteiger charge is 2.69. The Morgan fingerprint density at radius 2 is 2.00 bits per heavy atom. The number of benzene rings is 1. The van der Waals surface area contributed by atoms with E-state index in [-0.39, 0.29) is 23.6 Å². The normalized spacial score (nSPS) is 30.1. The molecule has 3 aliphatic heterocycles. The molecule has 0 spiro atoms. The minimum atomic E-state index is -0.610. The van der Waals surface area contributed by atoms with E-state index in [4.69, 9.17) is 0 Å². The second-order valence-corrected chi connectivity index (χ2v) is 9.83. The van der Waals surface area contributed by atoms with E-state index in [1.54, 1.807) is 9.80 Å². The summed E-state index contributed by atoms with van der Waals surface area (Å²) in [6.45, 7) is 13.8. The minimum absolute atomic E-state index is 0.0981. The first-order valence-corrected chi connectivity index (χ1v) is 10.7. The Morgan fingerprint density at radius 3 is 2.60 bits per heavy atom. The number of amides is 3. The van der Waals surface area contributed by atoms with Crippen molar-refractivity contribution in [2.45, 2.75) is 71.1 Å². The third-order valence-corrected chi connectivity index (χ3v) is 7.32. The van der Waals surface area contributed by atoms with E-state index < -0.39 is 29.1 Å². The van der Waals surface area contributed by atoms with Gasteiger partial charge in [0.25, 0.3) is 0 Å². The maximum atomic E-state index is 13.7. The van der Waals surface area contributed by atoms with Gasteiger partial charge in [-0.2, -0.15) is 0 Å². The van der Waals surface area contributed by atoms with Crippen molar-refractivity contribution in [1.29, 1.82) is 0 Å². The molecule has 1 aromatic carbocycles. The molecule has 3 aliphatic rings. The number of nitrogens with one attached hydrogen (secondary N) is 1. The average Bonchev–Trinajstić information content (AvgIpc) is 3.17. The predicted octanol–water partition coefficient (Wildman–Crippen LogP) is 2.97. The van der Waals surface area contributed by atoms with E-state index in [0.717, 1.165) is 11.3 Å². The molecule has 3 heterocycles. The Bertz CT molecular complexity index is 937. The Labute approximate surface area is 178 Å². The number of carbonyl (C=O) groups excluding carboxylic acids is 3. The number of allylic oxidation sites excluding steroid dienone is 1. The number of fused-ring (bicyclic) bond motifs is 5. The van der Waals surface area contributed by atoms with Gasteiger partial charge in [0.2, 0.25) is 17.7 Å². The SMILES string of the molecule is C=CC(C)(C)[C@]12C[C@@H]3C(=O)N[C@@H](CC(C)C)C(=O)N3[C@H]1N(C(C)=O)c1ccccc12. The summed E-state index contributed by atoms with van der Waals surface area (Å²) < 4.78 is 0. The standard InChI is InChI=1S/C24H31N3O3/c1-7-23(5,6)24-13-19-20(29)25-17(12-14(2)3)21(30)27(19)22(24)26(15(4)28)18-11-9-8-10-16(18)24/h7-11,14,17,19,22H,1,12-13H2,2-6H3,(H,25,29)/t17-,19+,22+,24-/m0/s1. The molecular formula is C24H31N3O3. The molecule has 0 bridgehead atoms. The lowest BCUT2D eigenvalue weighted by molar-refractivity contribution is -0.150. The Morgan fingerprint density at radius 1 is 1.33 bits per heavy atom. The van der Waals surface area contributed by atoms with Crippen molar-refractivity contribution in [2.24, 2.45) is 11.3 Å². The molecule has 3 amide bonds. The highest BCUT2D eigenvalue weighted by atomic mass is 16.2. The van der Waals surface area contributed by atoms with Crippen LogP contribution >= 0.6 is 0 Å². The third-order valence-electron chi connectivity index (χ3n) is 7.32. The van der Waals surface area contributed by atoms with Crippen LogP contribution in [0.15, 0.2) is 36.9 Å². The topological polar surface area (TPSA) is 69.7 Å². The monoisotopic (exact) mass is 409 g/mol. The molecule has 4 rings (SSSR count). The molecule has 0 saturated carbocycles. The number of anilines is 1. The van der Waals surface area contributed by atoms with E-state index in [1.807, 2.05) is 44.2 Å². The van der Waals surface area contributed by atoms with Gasteiger partial charge in [-0.25, -0.2) is 0 Å². The molecular weight excluding hydrogens is 378 g/mol. The molecule has 4 atom stereocenters. The fourth-order valence-corrected chi connectivity index (χ4v) is 5.80. The Balaban J connectivity index is 1.95. The fourth-order valence-electron chi connectivity index (χ4n) is 5.80. The van der Waals surface area contributed by atoms with Gasteiger partial charge in [0.1, 0.15) is 18.2 Å². The van der Waals surface area contributed by atoms with Crippen LogP contribution in [-0.4, -0.2) is 40.9 Å². The zero-order valence-corrected chi connectivity index (χ0v) is 18.4. The van der Waals surface area contributed by atoms with E-state index in [2.05, 4.69) is 25.7 Å². The summed E-state index contributed by atoms with van der Waals surface area (Å²) in [7, 11) is 0. The maximum Gasteiger partial charge on any atom is 0.247 e. The van der Waals surface area contributed by atoms with Gasteiger partial charge in [-0.1, -0.05) is 52.0 Å². The van der Waals surface area contributed by atoms with E-state index in [9.17, 15) is 14.4 Å². The summed E-state index contributed by atoms with van der Waals surface area (Å²) in [5, 5.41) is 2.95. The number of carbonyl (C=O) groups is 3. The van der Waals surface area contributed by atoms with Crippen molar-refractivity contribution in [3.05, 3.63) is 42.5 Å². The molecule has 2 saturated heterocycles. The van der Waals surface area contributed by atoms with E-state index in [0.29, 0.717) is 12.8 Å². The summed E-state index contributed by atoms with van der Waals surface area (Å²) in [6, 6.07) is 6.68. The molecule has 30 heavy (non-hydrogen) atoms. The molecule has 160 valence electrons. The summed E-state index contributed by atoms with van der Waals surface area (Å²) in [5.74, 6) is -0.0968. The van der Waals surface area contributed by atoms with Gasteiger partial charge in [0, 0.05) is 18.0 Å². The molecule has 6 heteroatoms. The quantitative estimate of drug-likeness (QED) is 0.778. The van der Waals surface area contributed by atoms with Crippen LogP contribution in [0.2, 0.25) is 0 Å². The largest absolute Gasteiger partial charge is 0.342 e. The van der Waals surface area contributed by atoms with Crippen LogP contribution in [0.5, 0.6) is 0 Å². The molecule has 1 aromatic rings. The van der Waals surface area contributed by atoms with Gasteiger partial charge in [-0.05, 0) is 35.8 Å². The van der Waals surface area contributed by atoms with Crippen molar-refractivity contribution in [2.75, 3.05) is 4.90 Å². The van der Waals surface area contributed by atoms with E-state index >= 15 is 0 Å². The van der Waals surface area contributed by atoms with Crippen LogP contribution in [0, 0.1) is 11.3 Å². The minimum Gasteiger partial charge on any atom is -0.342 e. The summed E-state index contributed by atoms with van der Waals surface area (Å²) in [4.78, 5) is 43.1. The number of piperazine rings is 1. The van der Waals surface area contributed by atoms with Crippen molar-refractivity contribution < 1.29 is 14.4 Å². The summed E-state index contributed by atoms with van der Waals surface area (Å²) in [5.41, 5.74) is 0.762. The number of hydrogen-bond acceptors (Lipinski definition) is 3. The zero-order valence-electron chi connectivity index (χ0n) is 18.4. The molecule has 0 aliphatic carbocycles. The second kappa shape index (κ2) is 6.69. The molecule has 2 fully saturated rings. The number of nitrogens with zero attached hydrogens (tertiary/aromatic N) is 2. The number of para-hydroxylation sites is 1. The lowest BCUT2D eigenvalue weighted by Gasteiger charge is -2.46. The smallest absolute Gasteiger partial charge is 0.247 e. The predicted molar refractivity (Wildman–Crippen MR) is 116 cm³/mol. The van der Waals surface area contributed by atoms with Gasteiger partial charge in [0.05, 0.1) is 0 Å². The van der Waals surface area contributed by atoms with Gasteiger partial charge in [0.15, 0.2) is 0 Å². The second-order valence-electron chi connectivity index (χ2n) is 9.83. The molecule has 6 nitrogen and oxygen atoms in total. The zero-order chi connectivity index (χ0) is 22.0. The van der Waals surface area contributed by atoms with Crippen molar-refractivity contribution in [3.63, 3.8) is 0 Å². The summed E-state index contributed by atoms with van der Waals surface area (Å²) in [6.07, 6.45) is 2.39. The number of hydrogen-bond donors (Lipinski definition) is 1. The average molecular weight is 410 g/mol. The fraction of sp³-hybridized carbons (Fsp3) is 0.542. The van der Waals surface area contributed by atoms with Crippen molar-refractivity contribution >= 4 is 23.4 Å². The Kier molecular flexibility index (Phi) is 4.60. The molecule has 0 unspecified atom stereocenters. The van der Waals surface area contributed by atoms with Crippen LogP contribution in [0.25, 0.3) is 0 Å². The van der Waals surface area contributed by atoms with Gasteiger partial charge < -0.3 is 10.2 Å². The van der Waals surface area contributed by atoms with Gasteiger partial charge in [-0.15, -0.1) is 6.58 Å². The van der Waals surface area contributed by atoms with Crippen molar-refractivity contribution in [1.82, 2.24) is 10.2 Å². The molecule has 1 N–H and O–H groups in total. The van der Waals surface area contributed by atoms with Crippen molar-refractivity contribution in [3.8, 4) is 0 Å². The van der Waals surface area contributed by atoms with E-state index in [1.165, 1.54) is 6.92 Å². The molecule has 0 aromatic heterocycles. The van der Waals surface area contributed by atoms with Crippen LogP contribution < -0.4 is 10.2 Å². The maximum absolute atomic E-state index is 13.7. The highest BCUT2D eigenvalue weighted by molar-refractivity contribution is 6.02. The van der Waals surface area contributed by atoms with Gasteiger partial charge in [-0.3, -0.25) is 19.3 Å². The van der Waals surface area contributed by atoms with Crippen LogP contribution in [-0.2, 0) is 19.8 Å². The van der Waals surface area contributed by atoms with Crippen LogP contribution in [0.1, 0.15) is 53.0 Å². The highest BCUT2D eigenvalue weighted by Crippen LogP contribution is 2.62. The summed E-state index contributed by atoms with van der Waals surface area (Å²) >= 11 is 0. The lowest BCUT2D eigenvalue weighted by atomic mass is 9.60. The number of rotatable bonds is 4. The first-order chi connectivity index (χ1) is 14.1. The first-order valence-electron chi connectivity index (χ1n) is 10.7. The first kappa shape index (κ1) is 20.6. The van der Waals surface area contributed by atoms with Crippen LogP contribution in [0.4, 0.5) is 5.69 Å². The van der Waals surface area contributed by atoms with Crippen LogP contribution in [0.3, 0.4) is 0 Å². The lowest BCUT2D eigenvalue weighted by Crippen LogP contribution is -2.66. The Hall–Kier alpha value is -2.63. The molecule has 0 radical (unpaired) electrons. The van der Waals surface area contributed by atoms with Gasteiger partial charge >= 0.3 is 0 Å².